The van der Waals surface area contributed by atoms with Crippen molar-refractivity contribution in [3.8, 4) is 0 Å². The van der Waals surface area contributed by atoms with Gasteiger partial charge >= 0.3 is 0 Å². The van der Waals surface area contributed by atoms with E-state index >= 15 is 0 Å². The molecule has 0 saturated carbocycles. The summed E-state index contributed by atoms with van der Waals surface area (Å²) in [5.74, 6) is 0.463. The third-order valence-electron chi connectivity index (χ3n) is 3.68. The molecule has 0 aliphatic rings. The van der Waals surface area contributed by atoms with E-state index in [-0.39, 0.29) is 24.4 Å². The van der Waals surface area contributed by atoms with Crippen LogP contribution in [-0.4, -0.2) is 34.5 Å². The summed E-state index contributed by atoms with van der Waals surface area (Å²) in [6.07, 6.45) is 0.749. The molecular formula is C17H20BrN3O3. The Balaban J connectivity index is 2.11. The lowest BCUT2D eigenvalue weighted by Crippen LogP contribution is -2.43. The van der Waals surface area contributed by atoms with Crippen molar-refractivity contribution in [1.82, 2.24) is 10.1 Å². The van der Waals surface area contributed by atoms with Crippen molar-refractivity contribution >= 4 is 33.6 Å². The fourth-order valence-electron chi connectivity index (χ4n) is 2.17. The Morgan fingerprint density at radius 2 is 2.00 bits per heavy atom. The van der Waals surface area contributed by atoms with E-state index in [1.165, 1.54) is 0 Å². The normalized spacial score (nSPS) is 11.8. The summed E-state index contributed by atoms with van der Waals surface area (Å²) in [6.45, 7) is 5.59. The molecule has 1 aromatic heterocycles. The predicted octanol–water partition coefficient (Wildman–Crippen LogP) is 3.62. The highest BCUT2D eigenvalue weighted by atomic mass is 79.9. The van der Waals surface area contributed by atoms with E-state index in [1.54, 1.807) is 42.2 Å². The number of nitrogens with zero attached hydrogens (tertiary/aromatic N) is 2. The van der Waals surface area contributed by atoms with E-state index in [0.717, 1.165) is 10.9 Å². The van der Waals surface area contributed by atoms with Crippen LogP contribution in [0, 0.1) is 6.92 Å². The lowest BCUT2D eigenvalue weighted by Gasteiger charge is -2.28. The van der Waals surface area contributed by atoms with E-state index in [2.05, 4.69) is 26.4 Å². The highest BCUT2D eigenvalue weighted by molar-refractivity contribution is 9.10. The van der Waals surface area contributed by atoms with Crippen LogP contribution in [0.15, 0.2) is 39.3 Å². The molecule has 1 heterocycles. The lowest BCUT2D eigenvalue weighted by atomic mass is 10.1. The first-order valence-corrected chi connectivity index (χ1v) is 8.49. The second kappa shape index (κ2) is 8.10. The fourth-order valence-corrected chi connectivity index (χ4v) is 2.43. The van der Waals surface area contributed by atoms with Crippen LogP contribution in [-0.2, 0) is 4.79 Å². The molecule has 7 heteroatoms. The van der Waals surface area contributed by atoms with Gasteiger partial charge in [-0.2, -0.15) is 0 Å². The Morgan fingerprint density at radius 1 is 1.33 bits per heavy atom. The van der Waals surface area contributed by atoms with Gasteiger partial charge < -0.3 is 14.7 Å². The lowest BCUT2D eigenvalue weighted by molar-refractivity contribution is -0.117. The third kappa shape index (κ3) is 4.67. The molecule has 0 unspecified atom stereocenters. The summed E-state index contributed by atoms with van der Waals surface area (Å²) < 4.78 is 5.81. The highest BCUT2D eigenvalue weighted by Crippen LogP contribution is 2.15. The number of benzene rings is 1. The highest BCUT2D eigenvalue weighted by Gasteiger charge is 2.23. The number of amides is 2. The van der Waals surface area contributed by atoms with Crippen LogP contribution in [0.2, 0.25) is 0 Å². The van der Waals surface area contributed by atoms with Gasteiger partial charge in [0.25, 0.3) is 5.91 Å². The minimum atomic E-state index is -0.311. The first-order valence-electron chi connectivity index (χ1n) is 7.70. The minimum absolute atomic E-state index is 0.0458. The average Bonchev–Trinajstić information content (AvgIpc) is 2.96. The molecule has 2 amide bonds. The van der Waals surface area contributed by atoms with E-state index in [1.807, 2.05) is 13.8 Å². The van der Waals surface area contributed by atoms with Gasteiger partial charge in [0.15, 0.2) is 5.82 Å². The van der Waals surface area contributed by atoms with E-state index in [9.17, 15) is 9.59 Å². The number of anilines is 1. The van der Waals surface area contributed by atoms with Gasteiger partial charge in [0.2, 0.25) is 5.91 Å². The largest absolute Gasteiger partial charge is 0.360 e. The molecule has 0 saturated heterocycles. The van der Waals surface area contributed by atoms with Gasteiger partial charge in [-0.15, -0.1) is 0 Å². The number of carbonyl (C=O) groups is 2. The van der Waals surface area contributed by atoms with Gasteiger partial charge in [-0.05, 0) is 44.5 Å². The van der Waals surface area contributed by atoms with Gasteiger partial charge in [-0.25, -0.2) is 0 Å². The van der Waals surface area contributed by atoms with Crippen molar-refractivity contribution in [2.45, 2.75) is 33.2 Å². The maximum absolute atomic E-state index is 12.7. The molecule has 0 aliphatic heterocycles. The van der Waals surface area contributed by atoms with Gasteiger partial charge in [0.05, 0.1) is 0 Å². The quantitative estimate of drug-likeness (QED) is 0.812. The standard InChI is InChI=1S/C17H20BrN3O3/c1-4-11(2)21(17(23)13-5-7-14(18)8-6-13)10-16(22)19-15-9-12(3)24-20-15/h5-9,11H,4,10H2,1-3H3,(H,19,20,22)/t11-/m0/s1. The summed E-state index contributed by atoms with van der Waals surface area (Å²) in [5.41, 5.74) is 0.545. The molecule has 128 valence electrons. The maximum atomic E-state index is 12.7. The van der Waals surface area contributed by atoms with Gasteiger partial charge in [-0.1, -0.05) is 28.0 Å². The number of aromatic nitrogens is 1. The Morgan fingerprint density at radius 3 is 2.54 bits per heavy atom. The number of hydrogen-bond acceptors (Lipinski definition) is 4. The van der Waals surface area contributed by atoms with Crippen LogP contribution in [0.3, 0.4) is 0 Å². The second-order valence-electron chi connectivity index (χ2n) is 5.57. The second-order valence-corrected chi connectivity index (χ2v) is 6.48. The summed E-state index contributed by atoms with van der Waals surface area (Å²) in [7, 11) is 0. The summed E-state index contributed by atoms with van der Waals surface area (Å²) in [5, 5.41) is 6.37. The Hall–Kier alpha value is -2.15. The predicted molar refractivity (Wildman–Crippen MR) is 94.8 cm³/mol. The Bertz CT molecular complexity index is 712. The number of rotatable bonds is 6. The molecule has 1 N–H and O–H groups in total. The first kappa shape index (κ1) is 18.2. The van der Waals surface area contributed by atoms with Crippen molar-refractivity contribution in [1.29, 1.82) is 0 Å². The average molecular weight is 394 g/mol. The van der Waals surface area contributed by atoms with Crippen LogP contribution in [0.4, 0.5) is 5.82 Å². The van der Waals surface area contributed by atoms with Crippen molar-refractivity contribution in [3.05, 3.63) is 46.1 Å². The third-order valence-corrected chi connectivity index (χ3v) is 4.21. The minimum Gasteiger partial charge on any atom is -0.360 e. The first-order chi connectivity index (χ1) is 11.4. The van der Waals surface area contributed by atoms with E-state index < -0.39 is 0 Å². The topological polar surface area (TPSA) is 75.4 Å². The van der Waals surface area contributed by atoms with Crippen molar-refractivity contribution in [2.24, 2.45) is 0 Å². The van der Waals surface area contributed by atoms with Crippen LogP contribution in [0.1, 0.15) is 36.4 Å². The zero-order chi connectivity index (χ0) is 17.7. The van der Waals surface area contributed by atoms with Gasteiger partial charge in [-0.3, -0.25) is 9.59 Å². The summed E-state index contributed by atoms with van der Waals surface area (Å²) in [6, 6.07) is 8.65. The summed E-state index contributed by atoms with van der Waals surface area (Å²) >= 11 is 3.35. The monoisotopic (exact) mass is 393 g/mol. The number of nitrogens with one attached hydrogen (secondary N) is 1. The molecule has 1 aromatic carbocycles. The van der Waals surface area contributed by atoms with E-state index in [4.69, 9.17) is 4.52 Å². The summed E-state index contributed by atoms with van der Waals surface area (Å²) in [4.78, 5) is 26.6. The van der Waals surface area contributed by atoms with Crippen LogP contribution in [0.5, 0.6) is 0 Å². The number of aryl methyl sites for hydroxylation is 1. The number of halogens is 1. The molecular weight excluding hydrogens is 374 g/mol. The molecule has 2 aromatic rings. The van der Waals surface area contributed by atoms with Crippen LogP contribution in [0.25, 0.3) is 0 Å². The molecule has 0 spiro atoms. The zero-order valence-corrected chi connectivity index (χ0v) is 15.5. The molecule has 0 aliphatic carbocycles. The SMILES string of the molecule is CC[C@H](C)N(CC(=O)Nc1cc(C)on1)C(=O)c1ccc(Br)cc1. The van der Waals surface area contributed by atoms with Gasteiger partial charge in [0, 0.05) is 22.1 Å². The zero-order valence-electron chi connectivity index (χ0n) is 13.9. The van der Waals surface area contributed by atoms with Crippen LogP contribution < -0.4 is 5.32 Å². The van der Waals surface area contributed by atoms with E-state index in [0.29, 0.717) is 17.1 Å². The molecule has 24 heavy (non-hydrogen) atoms. The van der Waals surface area contributed by atoms with Gasteiger partial charge in [0.1, 0.15) is 12.3 Å². The maximum Gasteiger partial charge on any atom is 0.254 e. The molecule has 0 radical (unpaired) electrons. The molecule has 0 fully saturated rings. The Kier molecular flexibility index (Phi) is 6.14. The number of carbonyl (C=O) groups excluding carboxylic acids is 2. The Labute approximate surface area is 149 Å². The van der Waals surface area contributed by atoms with Crippen molar-refractivity contribution in [3.63, 3.8) is 0 Å². The molecule has 2 rings (SSSR count). The number of hydrogen-bond donors (Lipinski definition) is 1. The van der Waals surface area contributed by atoms with Crippen LogP contribution >= 0.6 is 15.9 Å². The molecule has 1 atom stereocenters. The smallest absolute Gasteiger partial charge is 0.254 e. The van der Waals surface area contributed by atoms with Crippen molar-refractivity contribution < 1.29 is 14.1 Å². The molecule has 0 bridgehead atoms. The molecule has 6 nitrogen and oxygen atoms in total. The van der Waals surface area contributed by atoms with Crippen molar-refractivity contribution in [2.75, 3.05) is 11.9 Å². The fraction of sp³-hybridized carbons (Fsp3) is 0.353.